The first-order valence-electron chi connectivity index (χ1n) is 20.1. The Hall–Kier alpha value is -6.98. The maximum Gasteiger partial charge on any atom is 0.137 e. The summed E-state index contributed by atoms with van der Waals surface area (Å²) in [7, 11) is 0. The van der Waals surface area contributed by atoms with Gasteiger partial charge in [-0.25, -0.2) is 0 Å². The second-order valence-corrected chi connectivity index (χ2v) is 17.6. The fourth-order valence-corrected chi connectivity index (χ4v) is 12.5. The van der Waals surface area contributed by atoms with Crippen molar-refractivity contribution in [1.82, 2.24) is 0 Å². The van der Waals surface area contributed by atoms with E-state index in [0.29, 0.717) is 0 Å². The van der Waals surface area contributed by atoms with E-state index in [2.05, 4.69) is 205 Å². The number of thiophene rings is 2. The van der Waals surface area contributed by atoms with Crippen LogP contribution < -0.4 is 4.90 Å². The number of rotatable bonds is 5. The first kappa shape index (κ1) is 33.0. The third-order valence-corrected chi connectivity index (χ3v) is 14.9. The molecule has 3 heterocycles. The lowest BCUT2D eigenvalue weighted by molar-refractivity contribution is 0.669. The van der Waals surface area contributed by atoms with Crippen LogP contribution in [-0.2, 0) is 5.41 Å². The van der Waals surface area contributed by atoms with E-state index in [1.165, 1.54) is 73.7 Å². The summed E-state index contributed by atoms with van der Waals surface area (Å²) in [5.41, 5.74) is 12.2. The molecule has 0 spiro atoms. The molecule has 13 rings (SSSR count). The van der Waals surface area contributed by atoms with Crippen LogP contribution in [0.1, 0.15) is 22.3 Å². The van der Waals surface area contributed by atoms with Crippen LogP contribution >= 0.6 is 22.7 Å². The van der Waals surface area contributed by atoms with Gasteiger partial charge in [0.1, 0.15) is 11.2 Å². The smallest absolute Gasteiger partial charge is 0.137 e. The van der Waals surface area contributed by atoms with E-state index in [1.54, 1.807) is 0 Å². The van der Waals surface area contributed by atoms with Crippen molar-refractivity contribution in [2.75, 3.05) is 4.90 Å². The van der Waals surface area contributed by atoms with Gasteiger partial charge in [-0.1, -0.05) is 146 Å². The number of hydrogen-bond donors (Lipinski definition) is 0. The zero-order valence-corrected chi connectivity index (χ0v) is 33.4. The van der Waals surface area contributed by atoms with Crippen LogP contribution in [0.3, 0.4) is 0 Å². The van der Waals surface area contributed by atoms with E-state index >= 15 is 0 Å². The van der Waals surface area contributed by atoms with Crippen LogP contribution in [0.4, 0.5) is 17.1 Å². The van der Waals surface area contributed by atoms with E-state index in [1.807, 2.05) is 22.7 Å². The summed E-state index contributed by atoms with van der Waals surface area (Å²) in [6, 6.07) is 73.9. The zero-order valence-electron chi connectivity index (χ0n) is 31.7. The Balaban J connectivity index is 1.24. The van der Waals surface area contributed by atoms with E-state index in [9.17, 15) is 0 Å². The Morgan fingerprint density at radius 3 is 1.73 bits per heavy atom. The molecule has 0 amide bonds. The van der Waals surface area contributed by atoms with Crippen LogP contribution in [0.25, 0.3) is 73.4 Å². The van der Waals surface area contributed by atoms with Gasteiger partial charge in [0.2, 0.25) is 0 Å². The summed E-state index contributed by atoms with van der Waals surface area (Å²) in [6.45, 7) is 0. The minimum atomic E-state index is -0.582. The second kappa shape index (κ2) is 12.5. The molecule has 0 fully saturated rings. The fourth-order valence-electron chi connectivity index (χ4n) is 10.2. The van der Waals surface area contributed by atoms with E-state index in [4.69, 9.17) is 4.42 Å². The van der Waals surface area contributed by atoms with Gasteiger partial charge in [0.25, 0.3) is 0 Å². The van der Waals surface area contributed by atoms with Crippen molar-refractivity contribution in [3.63, 3.8) is 0 Å². The molecule has 0 bridgehead atoms. The molecule has 1 aliphatic rings. The number of anilines is 3. The maximum absolute atomic E-state index is 6.63. The summed E-state index contributed by atoms with van der Waals surface area (Å²) < 4.78 is 11.7. The third-order valence-electron chi connectivity index (χ3n) is 12.5. The minimum Gasteiger partial charge on any atom is -0.456 e. The molecule has 0 saturated carbocycles. The first-order valence-corrected chi connectivity index (χ1v) is 21.7. The lowest BCUT2D eigenvalue weighted by Gasteiger charge is -2.35. The van der Waals surface area contributed by atoms with Crippen molar-refractivity contribution in [3.05, 3.63) is 222 Å². The van der Waals surface area contributed by atoms with Gasteiger partial charge in [-0.2, -0.15) is 0 Å². The number of hydrogen-bond acceptors (Lipinski definition) is 4. The number of nitrogens with zero attached hydrogens (tertiary/aromatic N) is 1. The quantitative estimate of drug-likeness (QED) is 0.173. The molecule has 0 unspecified atom stereocenters. The van der Waals surface area contributed by atoms with Gasteiger partial charge in [-0.3, -0.25) is 0 Å². The molecule has 0 saturated heterocycles. The third kappa shape index (κ3) is 4.56. The molecule has 276 valence electrons. The molecule has 0 radical (unpaired) electrons. The zero-order chi connectivity index (χ0) is 38.7. The minimum absolute atomic E-state index is 0.582. The summed E-state index contributed by atoms with van der Waals surface area (Å²) in [5, 5.41) is 7.26. The van der Waals surface area contributed by atoms with Crippen molar-refractivity contribution in [2.45, 2.75) is 5.41 Å². The molecule has 9 aromatic carbocycles. The van der Waals surface area contributed by atoms with Gasteiger partial charge in [0, 0.05) is 41.0 Å². The van der Waals surface area contributed by atoms with Crippen LogP contribution in [-0.4, -0.2) is 0 Å². The summed E-state index contributed by atoms with van der Waals surface area (Å²) in [5.74, 6) is 0. The Morgan fingerprint density at radius 2 is 0.949 bits per heavy atom. The van der Waals surface area contributed by atoms with Crippen molar-refractivity contribution in [1.29, 1.82) is 0 Å². The van der Waals surface area contributed by atoms with Crippen molar-refractivity contribution in [2.24, 2.45) is 0 Å². The first-order chi connectivity index (χ1) is 29.3. The van der Waals surface area contributed by atoms with E-state index in [-0.39, 0.29) is 0 Å². The standard InChI is InChI=1S/C55H33NOS2/c1-2-16-34(17-3-1)55(42-23-9-4-18-36(42)37-19-5-10-24-43(37)55)35-32-41-38-20-7-12-29-49(38)59-54(41)46(33-35)56(44-25-14-28-48-52(44)39-21-6-11-27-47(39)57-48)45-26-15-31-51-53(45)40-22-8-13-30-50(40)58-51/h1-33H. The predicted octanol–water partition coefficient (Wildman–Crippen LogP) is 16.2. The predicted molar refractivity (Wildman–Crippen MR) is 251 cm³/mol. The average Bonchev–Trinajstić information content (AvgIpc) is 4.05. The molecule has 0 atom stereocenters. The van der Waals surface area contributed by atoms with Crippen LogP contribution in [0.15, 0.2) is 205 Å². The maximum atomic E-state index is 6.63. The average molecular weight is 788 g/mol. The normalized spacial score (nSPS) is 13.2. The van der Waals surface area contributed by atoms with E-state index in [0.717, 1.165) is 39.0 Å². The Kier molecular flexibility index (Phi) is 7.00. The van der Waals surface area contributed by atoms with E-state index < -0.39 is 5.41 Å². The topological polar surface area (TPSA) is 16.4 Å². The van der Waals surface area contributed by atoms with Gasteiger partial charge in [0.15, 0.2) is 0 Å². The van der Waals surface area contributed by atoms with Gasteiger partial charge in [-0.15, -0.1) is 22.7 Å². The lowest BCUT2D eigenvalue weighted by Crippen LogP contribution is -2.29. The molecular weight excluding hydrogens is 755 g/mol. The summed E-state index contributed by atoms with van der Waals surface area (Å²) in [4.78, 5) is 2.57. The molecule has 2 nitrogen and oxygen atoms in total. The van der Waals surface area contributed by atoms with Gasteiger partial charge in [-0.05, 0) is 88.0 Å². The van der Waals surface area contributed by atoms with Gasteiger partial charge in [0.05, 0.1) is 32.6 Å². The summed E-state index contributed by atoms with van der Waals surface area (Å²) >= 11 is 3.74. The highest BCUT2D eigenvalue weighted by atomic mass is 32.1. The molecular formula is C55H33NOS2. The van der Waals surface area contributed by atoms with Crippen molar-refractivity contribution in [3.8, 4) is 11.1 Å². The second-order valence-electron chi connectivity index (χ2n) is 15.5. The van der Waals surface area contributed by atoms with Crippen LogP contribution in [0.5, 0.6) is 0 Å². The highest BCUT2D eigenvalue weighted by molar-refractivity contribution is 7.26. The molecule has 3 aromatic heterocycles. The Bertz CT molecular complexity index is 3490. The number of benzene rings is 9. The summed E-state index contributed by atoms with van der Waals surface area (Å²) in [6.07, 6.45) is 0. The van der Waals surface area contributed by atoms with Crippen molar-refractivity contribution < 1.29 is 4.42 Å². The van der Waals surface area contributed by atoms with Gasteiger partial charge >= 0.3 is 0 Å². The molecule has 12 aromatic rings. The largest absolute Gasteiger partial charge is 0.456 e. The Morgan fingerprint density at radius 1 is 0.373 bits per heavy atom. The number of furan rings is 1. The van der Waals surface area contributed by atoms with Crippen molar-refractivity contribution >= 4 is 102 Å². The highest BCUT2D eigenvalue weighted by Crippen LogP contribution is 2.59. The molecule has 1 aliphatic carbocycles. The highest BCUT2D eigenvalue weighted by Gasteiger charge is 2.46. The van der Waals surface area contributed by atoms with Crippen LogP contribution in [0.2, 0.25) is 0 Å². The Labute approximate surface area is 348 Å². The fraction of sp³-hybridized carbons (Fsp3) is 0.0182. The number of para-hydroxylation sites is 1. The molecule has 4 heteroatoms. The SMILES string of the molecule is c1ccc(C2(c3cc(N(c4cccc5oc6ccccc6c45)c4cccc5sc6ccccc6c45)c4sc5ccccc5c4c3)c3ccccc3-c3ccccc32)cc1. The van der Waals surface area contributed by atoms with Gasteiger partial charge < -0.3 is 9.32 Å². The number of fused-ring (bicyclic) bond motifs is 12. The van der Waals surface area contributed by atoms with Crippen LogP contribution in [0, 0.1) is 0 Å². The molecule has 0 N–H and O–H groups in total. The lowest BCUT2D eigenvalue weighted by atomic mass is 9.67. The monoisotopic (exact) mass is 787 g/mol. The molecule has 0 aliphatic heterocycles. The molecule has 59 heavy (non-hydrogen) atoms.